The van der Waals surface area contributed by atoms with Crippen LogP contribution in [0.2, 0.25) is 0 Å². The average molecular weight is 296 g/mol. The van der Waals surface area contributed by atoms with E-state index >= 15 is 0 Å². The van der Waals surface area contributed by atoms with E-state index in [2.05, 4.69) is 10.2 Å². The number of benzene rings is 1. The van der Waals surface area contributed by atoms with Crippen LogP contribution in [0, 0.1) is 17.6 Å². The molecule has 5 heteroatoms. The van der Waals surface area contributed by atoms with E-state index in [1.807, 2.05) is 0 Å². The fourth-order valence-corrected chi connectivity index (χ4v) is 3.39. The zero-order valence-electron chi connectivity index (χ0n) is 12.4. The molecule has 1 aliphatic carbocycles. The number of halogens is 2. The number of nitrogens with zero attached hydrogens (tertiary/aromatic N) is 1. The topological polar surface area (TPSA) is 24.5 Å². The number of hydrogen-bond acceptors (Lipinski definition) is 3. The number of piperazine rings is 1. The van der Waals surface area contributed by atoms with Gasteiger partial charge in [0.2, 0.25) is 0 Å². The van der Waals surface area contributed by atoms with Crippen molar-refractivity contribution in [3.05, 3.63) is 29.3 Å². The van der Waals surface area contributed by atoms with Gasteiger partial charge in [-0.25, -0.2) is 8.78 Å². The van der Waals surface area contributed by atoms with Gasteiger partial charge in [-0.2, -0.15) is 0 Å². The fourth-order valence-electron chi connectivity index (χ4n) is 3.39. The Morgan fingerprint density at radius 3 is 2.29 bits per heavy atom. The zero-order valence-corrected chi connectivity index (χ0v) is 12.4. The Morgan fingerprint density at radius 1 is 1.19 bits per heavy atom. The van der Waals surface area contributed by atoms with Crippen LogP contribution in [0.3, 0.4) is 0 Å². The largest absolute Gasteiger partial charge is 0.497 e. The average Bonchev–Trinajstić information content (AvgIpc) is 2.44. The van der Waals surface area contributed by atoms with Crippen LogP contribution in [0.5, 0.6) is 5.75 Å². The fraction of sp³-hybridized carbons (Fsp3) is 0.625. The molecule has 0 amide bonds. The Kier molecular flexibility index (Phi) is 4.40. The van der Waals surface area contributed by atoms with Gasteiger partial charge in [-0.15, -0.1) is 0 Å². The number of rotatable bonds is 4. The van der Waals surface area contributed by atoms with Crippen molar-refractivity contribution in [2.24, 2.45) is 5.92 Å². The molecule has 1 aromatic carbocycles. The van der Waals surface area contributed by atoms with Gasteiger partial charge in [0.15, 0.2) is 0 Å². The maximum absolute atomic E-state index is 14.5. The third-order valence-electron chi connectivity index (χ3n) is 4.73. The molecule has 0 radical (unpaired) electrons. The van der Waals surface area contributed by atoms with E-state index in [-0.39, 0.29) is 17.4 Å². The van der Waals surface area contributed by atoms with E-state index in [0.717, 1.165) is 45.4 Å². The van der Waals surface area contributed by atoms with Gasteiger partial charge in [0.25, 0.3) is 0 Å². The molecule has 1 saturated heterocycles. The molecule has 2 fully saturated rings. The SMILES string of the molecule is COc1cc(F)c([C@H](C2CCC2)N2CCNCC2)c(F)c1. The van der Waals surface area contributed by atoms with Gasteiger partial charge in [-0.05, 0) is 18.8 Å². The van der Waals surface area contributed by atoms with Crippen molar-refractivity contribution in [3.8, 4) is 5.75 Å². The second-order valence-corrected chi connectivity index (χ2v) is 5.93. The Hall–Kier alpha value is -1.20. The molecule has 0 aromatic heterocycles. The molecule has 1 heterocycles. The lowest BCUT2D eigenvalue weighted by Crippen LogP contribution is -2.48. The molecule has 116 valence electrons. The summed E-state index contributed by atoms with van der Waals surface area (Å²) in [6.07, 6.45) is 3.27. The van der Waals surface area contributed by atoms with Crippen LogP contribution in [0.15, 0.2) is 12.1 Å². The van der Waals surface area contributed by atoms with Crippen molar-refractivity contribution in [1.82, 2.24) is 10.2 Å². The lowest BCUT2D eigenvalue weighted by atomic mass is 9.76. The molecule has 1 saturated carbocycles. The lowest BCUT2D eigenvalue weighted by molar-refractivity contribution is 0.0783. The normalized spacial score (nSPS) is 21.9. The van der Waals surface area contributed by atoms with Crippen LogP contribution in [0.1, 0.15) is 30.9 Å². The second kappa shape index (κ2) is 6.28. The van der Waals surface area contributed by atoms with Crippen molar-refractivity contribution in [2.45, 2.75) is 25.3 Å². The van der Waals surface area contributed by atoms with Crippen LogP contribution in [-0.2, 0) is 0 Å². The molecule has 1 aliphatic heterocycles. The van der Waals surface area contributed by atoms with Crippen LogP contribution in [0.4, 0.5) is 8.78 Å². The summed E-state index contributed by atoms with van der Waals surface area (Å²) in [4.78, 5) is 2.23. The standard InChI is InChI=1S/C16H22F2N2O/c1-21-12-9-13(17)15(14(18)10-12)16(11-3-2-4-11)20-7-5-19-6-8-20/h9-11,16,19H,2-8H2,1H3/t16-/m0/s1. The number of hydrogen-bond donors (Lipinski definition) is 1. The number of methoxy groups -OCH3 is 1. The van der Waals surface area contributed by atoms with Crippen LogP contribution >= 0.6 is 0 Å². The van der Waals surface area contributed by atoms with Gasteiger partial charge in [0.05, 0.1) is 7.11 Å². The van der Waals surface area contributed by atoms with Crippen LogP contribution in [-0.4, -0.2) is 38.2 Å². The third-order valence-corrected chi connectivity index (χ3v) is 4.73. The van der Waals surface area contributed by atoms with Gasteiger partial charge in [0, 0.05) is 49.9 Å². The predicted molar refractivity (Wildman–Crippen MR) is 77.4 cm³/mol. The molecule has 2 aliphatic rings. The summed E-state index contributed by atoms with van der Waals surface area (Å²) in [5, 5.41) is 3.29. The molecular formula is C16H22F2N2O. The van der Waals surface area contributed by atoms with Crippen molar-refractivity contribution in [1.29, 1.82) is 0 Å². The number of ether oxygens (including phenoxy) is 1. The highest BCUT2D eigenvalue weighted by molar-refractivity contribution is 5.33. The van der Waals surface area contributed by atoms with Crippen LogP contribution in [0.25, 0.3) is 0 Å². The Bertz CT molecular complexity index is 476. The minimum atomic E-state index is -0.484. The zero-order chi connectivity index (χ0) is 14.8. The summed E-state index contributed by atoms with van der Waals surface area (Å²) in [6.45, 7) is 3.43. The second-order valence-electron chi connectivity index (χ2n) is 5.93. The van der Waals surface area contributed by atoms with E-state index in [9.17, 15) is 8.78 Å². The molecule has 0 spiro atoms. The summed E-state index contributed by atoms with van der Waals surface area (Å²) in [5.41, 5.74) is 0.224. The van der Waals surface area contributed by atoms with E-state index in [1.54, 1.807) is 0 Å². The van der Waals surface area contributed by atoms with E-state index in [1.165, 1.54) is 19.2 Å². The van der Waals surface area contributed by atoms with Crippen molar-refractivity contribution in [2.75, 3.05) is 33.3 Å². The Morgan fingerprint density at radius 2 is 1.81 bits per heavy atom. The van der Waals surface area contributed by atoms with Crippen molar-refractivity contribution in [3.63, 3.8) is 0 Å². The Balaban J connectivity index is 1.95. The maximum atomic E-state index is 14.5. The van der Waals surface area contributed by atoms with E-state index < -0.39 is 11.6 Å². The molecule has 3 rings (SSSR count). The third kappa shape index (κ3) is 2.90. The van der Waals surface area contributed by atoms with Gasteiger partial charge >= 0.3 is 0 Å². The maximum Gasteiger partial charge on any atom is 0.134 e. The van der Waals surface area contributed by atoms with Gasteiger partial charge < -0.3 is 10.1 Å². The predicted octanol–water partition coefficient (Wildman–Crippen LogP) is 2.72. The summed E-state index contributed by atoms with van der Waals surface area (Å²) in [7, 11) is 1.42. The minimum absolute atomic E-state index is 0.147. The smallest absolute Gasteiger partial charge is 0.134 e. The highest BCUT2D eigenvalue weighted by atomic mass is 19.1. The van der Waals surface area contributed by atoms with Gasteiger partial charge in [-0.3, -0.25) is 4.90 Å². The lowest BCUT2D eigenvalue weighted by Gasteiger charge is -2.43. The van der Waals surface area contributed by atoms with E-state index in [0.29, 0.717) is 5.92 Å². The first-order valence-corrected chi connectivity index (χ1v) is 7.68. The molecule has 1 atom stereocenters. The first kappa shape index (κ1) is 14.7. The molecule has 0 bridgehead atoms. The molecule has 1 aromatic rings. The minimum Gasteiger partial charge on any atom is -0.497 e. The summed E-state index contributed by atoms with van der Waals surface area (Å²) in [5.74, 6) is -0.369. The summed E-state index contributed by atoms with van der Waals surface area (Å²) in [6, 6.07) is 2.45. The molecule has 3 nitrogen and oxygen atoms in total. The highest BCUT2D eigenvalue weighted by Gasteiger charge is 2.37. The molecule has 0 unspecified atom stereocenters. The molecule has 21 heavy (non-hydrogen) atoms. The quantitative estimate of drug-likeness (QED) is 0.924. The first-order chi connectivity index (χ1) is 10.2. The Labute approximate surface area is 124 Å². The van der Waals surface area contributed by atoms with Gasteiger partial charge in [-0.1, -0.05) is 6.42 Å². The van der Waals surface area contributed by atoms with Gasteiger partial charge in [0.1, 0.15) is 17.4 Å². The number of nitrogens with one attached hydrogen (secondary N) is 1. The summed E-state index contributed by atoms with van der Waals surface area (Å²) >= 11 is 0. The molecular weight excluding hydrogens is 274 g/mol. The van der Waals surface area contributed by atoms with Crippen molar-refractivity contribution < 1.29 is 13.5 Å². The monoisotopic (exact) mass is 296 g/mol. The molecule has 1 N–H and O–H groups in total. The summed E-state index contributed by atoms with van der Waals surface area (Å²) < 4.78 is 33.9. The highest BCUT2D eigenvalue weighted by Crippen LogP contribution is 2.43. The van der Waals surface area contributed by atoms with E-state index in [4.69, 9.17) is 4.74 Å². The van der Waals surface area contributed by atoms with Crippen LogP contribution < -0.4 is 10.1 Å². The first-order valence-electron chi connectivity index (χ1n) is 7.68. The van der Waals surface area contributed by atoms with Crippen molar-refractivity contribution >= 4 is 0 Å².